The second kappa shape index (κ2) is 6.21. The molecule has 4 nitrogen and oxygen atoms in total. The minimum atomic E-state index is -4.63. The van der Waals surface area contributed by atoms with Crippen LogP contribution in [-0.4, -0.2) is 16.1 Å². The lowest BCUT2D eigenvalue weighted by atomic mass is 10.1. The Hall–Kier alpha value is -2.87. The molecule has 1 heterocycles. The van der Waals surface area contributed by atoms with Crippen LogP contribution in [-0.2, 0) is 11.0 Å². The number of alkyl halides is 3. The van der Waals surface area contributed by atoms with Gasteiger partial charge in [-0.1, -0.05) is 30.3 Å². The zero-order chi connectivity index (χ0) is 18.2. The largest absolute Gasteiger partial charge is 0.507 e. The Bertz CT molecular complexity index is 893. The Labute approximate surface area is 146 Å². The number of halogens is 3. The van der Waals surface area contributed by atoms with Crippen molar-refractivity contribution in [2.45, 2.75) is 6.18 Å². The van der Waals surface area contributed by atoms with Crippen LogP contribution in [0, 0.1) is 0 Å². The first-order valence-corrected chi connectivity index (χ1v) is 7.51. The minimum absolute atomic E-state index is 0.0246. The molecule has 0 unspecified atom stereocenters. The van der Waals surface area contributed by atoms with Crippen molar-refractivity contribution in [2.75, 3.05) is 4.90 Å². The predicted molar refractivity (Wildman–Crippen MR) is 90.7 cm³/mol. The summed E-state index contributed by atoms with van der Waals surface area (Å²) in [4.78, 5) is 13.4. The van der Waals surface area contributed by atoms with Crippen LogP contribution in [0.15, 0.2) is 54.2 Å². The van der Waals surface area contributed by atoms with E-state index >= 15 is 0 Å². The van der Waals surface area contributed by atoms with E-state index in [1.807, 2.05) is 0 Å². The lowest BCUT2D eigenvalue weighted by Crippen LogP contribution is -2.32. The smallest absolute Gasteiger partial charge is 0.418 e. The van der Waals surface area contributed by atoms with Crippen molar-refractivity contribution in [1.29, 1.82) is 0 Å². The summed E-state index contributed by atoms with van der Waals surface area (Å²) in [6.07, 6.45) is -3.29. The van der Waals surface area contributed by atoms with Gasteiger partial charge in [0.05, 0.1) is 11.3 Å². The van der Waals surface area contributed by atoms with Gasteiger partial charge < -0.3 is 10.4 Å². The van der Waals surface area contributed by atoms with Crippen LogP contribution in [0.25, 0.3) is 6.08 Å². The van der Waals surface area contributed by atoms with E-state index in [4.69, 9.17) is 12.2 Å². The number of carbonyl (C=O) groups excluding carboxylic acids is 1. The van der Waals surface area contributed by atoms with Gasteiger partial charge in [0, 0.05) is 5.56 Å². The van der Waals surface area contributed by atoms with E-state index in [2.05, 4.69) is 5.32 Å². The Morgan fingerprint density at radius 2 is 1.72 bits per heavy atom. The Kier molecular flexibility index (Phi) is 4.22. The van der Waals surface area contributed by atoms with Crippen LogP contribution in [0.1, 0.15) is 11.1 Å². The van der Waals surface area contributed by atoms with Crippen molar-refractivity contribution in [3.63, 3.8) is 0 Å². The molecular formula is C17H11F3N2O2S. The number of nitrogens with one attached hydrogen (secondary N) is 1. The first kappa shape index (κ1) is 17.0. The predicted octanol–water partition coefficient (Wildman–Crippen LogP) is 3.67. The Morgan fingerprint density at radius 1 is 1.08 bits per heavy atom. The minimum Gasteiger partial charge on any atom is -0.507 e. The van der Waals surface area contributed by atoms with Gasteiger partial charge in [-0.05, 0) is 36.5 Å². The van der Waals surface area contributed by atoms with E-state index in [0.717, 1.165) is 11.0 Å². The molecule has 0 radical (unpaired) electrons. The number of benzene rings is 2. The van der Waals surface area contributed by atoms with Gasteiger partial charge in [0.2, 0.25) is 0 Å². The highest BCUT2D eigenvalue weighted by atomic mass is 32.1. The van der Waals surface area contributed by atoms with Gasteiger partial charge in [-0.15, -0.1) is 0 Å². The van der Waals surface area contributed by atoms with E-state index in [1.165, 1.54) is 30.3 Å². The SMILES string of the molecule is O=C1C(=Cc2ccccc2O)NC(=S)N1c1ccccc1C(F)(F)F. The highest BCUT2D eigenvalue weighted by molar-refractivity contribution is 7.80. The zero-order valence-electron chi connectivity index (χ0n) is 12.5. The van der Waals surface area contributed by atoms with Crippen LogP contribution in [0.2, 0.25) is 0 Å². The van der Waals surface area contributed by atoms with Crippen molar-refractivity contribution in [2.24, 2.45) is 0 Å². The molecule has 0 saturated carbocycles. The molecule has 0 aromatic heterocycles. The number of rotatable bonds is 2. The van der Waals surface area contributed by atoms with E-state index in [0.29, 0.717) is 5.56 Å². The second-order valence-corrected chi connectivity index (χ2v) is 5.59. The summed E-state index contributed by atoms with van der Waals surface area (Å²) < 4.78 is 39.6. The number of carbonyl (C=O) groups is 1. The van der Waals surface area contributed by atoms with Gasteiger partial charge in [0.1, 0.15) is 11.4 Å². The van der Waals surface area contributed by atoms with Gasteiger partial charge in [0.25, 0.3) is 5.91 Å². The summed E-state index contributed by atoms with van der Waals surface area (Å²) in [7, 11) is 0. The molecule has 1 aliphatic rings. The van der Waals surface area contributed by atoms with E-state index in [9.17, 15) is 23.1 Å². The normalized spacial score (nSPS) is 16.4. The Balaban J connectivity index is 2.03. The van der Waals surface area contributed by atoms with Gasteiger partial charge in [-0.2, -0.15) is 13.2 Å². The number of thiocarbonyl (C=S) groups is 1. The number of phenolic OH excluding ortho intramolecular Hbond substituents is 1. The number of hydrogen-bond donors (Lipinski definition) is 2. The summed E-state index contributed by atoms with van der Waals surface area (Å²) in [5, 5.41) is 12.2. The highest BCUT2D eigenvalue weighted by Gasteiger charge is 2.40. The zero-order valence-corrected chi connectivity index (χ0v) is 13.4. The third kappa shape index (κ3) is 3.20. The number of para-hydroxylation sites is 2. The molecule has 1 amide bonds. The summed E-state index contributed by atoms with van der Waals surface area (Å²) in [5.74, 6) is -0.797. The first-order chi connectivity index (χ1) is 11.8. The second-order valence-electron chi connectivity index (χ2n) is 5.20. The number of aromatic hydroxyl groups is 1. The molecule has 0 bridgehead atoms. The molecule has 2 N–H and O–H groups in total. The molecule has 1 aliphatic heterocycles. The quantitative estimate of drug-likeness (QED) is 0.631. The lowest BCUT2D eigenvalue weighted by molar-refractivity contribution is -0.137. The molecule has 2 aromatic carbocycles. The summed E-state index contributed by atoms with van der Waals surface area (Å²) >= 11 is 5.03. The van der Waals surface area contributed by atoms with Gasteiger partial charge in [-0.3, -0.25) is 9.69 Å². The fourth-order valence-electron chi connectivity index (χ4n) is 2.43. The highest BCUT2D eigenvalue weighted by Crippen LogP contribution is 2.38. The van der Waals surface area contributed by atoms with Crippen molar-refractivity contribution >= 4 is 35.0 Å². The number of anilines is 1. The number of phenols is 1. The molecule has 8 heteroatoms. The first-order valence-electron chi connectivity index (χ1n) is 7.10. The van der Waals surface area contributed by atoms with E-state index in [1.54, 1.807) is 18.2 Å². The summed E-state index contributed by atoms with van der Waals surface area (Å²) in [6.45, 7) is 0. The monoisotopic (exact) mass is 364 g/mol. The van der Waals surface area contributed by atoms with Gasteiger partial charge in [-0.25, -0.2) is 0 Å². The standard InChI is InChI=1S/C17H11F3N2O2S/c18-17(19,20)11-6-2-3-7-13(11)22-15(24)12(21-16(22)25)9-10-5-1-4-8-14(10)23/h1-9,23H,(H,21,25). The van der Waals surface area contributed by atoms with Crippen LogP contribution in [0.4, 0.5) is 18.9 Å². The van der Waals surface area contributed by atoms with Crippen LogP contribution >= 0.6 is 12.2 Å². The van der Waals surface area contributed by atoms with Crippen LogP contribution < -0.4 is 10.2 Å². The molecule has 3 rings (SSSR count). The maximum absolute atomic E-state index is 13.2. The average Bonchev–Trinajstić information content (AvgIpc) is 2.83. The fourth-order valence-corrected chi connectivity index (χ4v) is 2.72. The third-order valence-corrected chi connectivity index (χ3v) is 3.85. The number of amides is 1. The molecule has 2 aromatic rings. The van der Waals surface area contributed by atoms with Crippen molar-refractivity contribution in [1.82, 2.24) is 5.32 Å². The molecule has 128 valence electrons. The topological polar surface area (TPSA) is 52.6 Å². The van der Waals surface area contributed by atoms with Crippen molar-refractivity contribution < 1.29 is 23.1 Å². The molecule has 1 fully saturated rings. The van der Waals surface area contributed by atoms with Gasteiger partial charge >= 0.3 is 6.18 Å². The van der Waals surface area contributed by atoms with Crippen molar-refractivity contribution in [3.8, 4) is 5.75 Å². The molecule has 25 heavy (non-hydrogen) atoms. The van der Waals surface area contributed by atoms with Crippen molar-refractivity contribution in [3.05, 3.63) is 65.4 Å². The summed E-state index contributed by atoms with van der Waals surface area (Å²) in [6, 6.07) is 11.0. The molecular weight excluding hydrogens is 353 g/mol. The van der Waals surface area contributed by atoms with Crippen LogP contribution in [0.5, 0.6) is 5.75 Å². The maximum atomic E-state index is 13.2. The number of nitrogens with zero attached hydrogens (tertiary/aromatic N) is 1. The maximum Gasteiger partial charge on any atom is 0.418 e. The number of hydrogen-bond acceptors (Lipinski definition) is 3. The third-order valence-electron chi connectivity index (χ3n) is 3.57. The van der Waals surface area contributed by atoms with E-state index < -0.39 is 17.6 Å². The molecule has 0 atom stereocenters. The summed E-state index contributed by atoms with van der Waals surface area (Å²) in [5.41, 5.74) is -0.995. The van der Waals surface area contributed by atoms with Crippen LogP contribution in [0.3, 0.4) is 0 Å². The molecule has 0 spiro atoms. The van der Waals surface area contributed by atoms with Gasteiger partial charge in [0.15, 0.2) is 5.11 Å². The Morgan fingerprint density at radius 3 is 2.40 bits per heavy atom. The molecule has 1 saturated heterocycles. The lowest BCUT2D eigenvalue weighted by Gasteiger charge is -2.19. The van der Waals surface area contributed by atoms with E-state index in [-0.39, 0.29) is 22.2 Å². The molecule has 0 aliphatic carbocycles. The fraction of sp³-hybridized carbons (Fsp3) is 0.0588. The average molecular weight is 364 g/mol.